The van der Waals surface area contributed by atoms with Gasteiger partial charge in [0.2, 0.25) is 5.91 Å². The summed E-state index contributed by atoms with van der Waals surface area (Å²) in [5.74, 6) is 0.962. The molecule has 0 radical (unpaired) electrons. The average molecular weight is 384 g/mol. The fourth-order valence-corrected chi connectivity index (χ4v) is 3.23. The maximum atomic E-state index is 12.4. The molecule has 27 heavy (non-hydrogen) atoms. The number of carbonyl (C=O) groups is 1. The zero-order valence-electron chi connectivity index (χ0n) is 14.5. The standard InChI is InChI=1S/C20H18ClN3O3/c21-17-8-15(9-18-20(17)27-7-6-26-18)10-19(25)23-16-11-22-24(13-16)12-14-4-2-1-3-5-14/h1-5,8-9,11,13H,6-7,10,12H2,(H,23,25). The van der Waals surface area contributed by atoms with Gasteiger partial charge in [0.05, 0.1) is 29.9 Å². The first-order valence-corrected chi connectivity index (χ1v) is 8.99. The minimum absolute atomic E-state index is 0.151. The highest BCUT2D eigenvalue weighted by atomic mass is 35.5. The molecule has 1 aliphatic heterocycles. The molecule has 0 saturated heterocycles. The molecule has 3 aromatic rings. The van der Waals surface area contributed by atoms with E-state index in [9.17, 15) is 4.79 Å². The zero-order valence-corrected chi connectivity index (χ0v) is 15.3. The average Bonchev–Trinajstić information content (AvgIpc) is 3.09. The first-order valence-electron chi connectivity index (χ1n) is 8.61. The van der Waals surface area contributed by atoms with Gasteiger partial charge in [-0.05, 0) is 23.3 Å². The third kappa shape index (κ3) is 4.23. The third-order valence-electron chi connectivity index (χ3n) is 4.13. The second-order valence-corrected chi connectivity index (χ2v) is 6.65. The summed E-state index contributed by atoms with van der Waals surface area (Å²) in [7, 11) is 0. The summed E-state index contributed by atoms with van der Waals surface area (Å²) in [5.41, 5.74) is 2.56. The lowest BCUT2D eigenvalue weighted by Gasteiger charge is -2.20. The Bertz CT molecular complexity index is 956. The van der Waals surface area contributed by atoms with E-state index in [1.165, 1.54) is 0 Å². The molecular formula is C20H18ClN3O3. The molecular weight excluding hydrogens is 366 g/mol. The van der Waals surface area contributed by atoms with Crippen molar-refractivity contribution < 1.29 is 14.3 Å². The molecule has 7 heteroatoms. The number of amides is 1. The van der Waals surface area contributed by atoms with Gasteiger partial charge in [-0.15, -0.1) is 0 Å². The molecule has 6 nitrogen and oxygen atoms in total. The first-order chi connectivity index (χ1) is 13.2. The number of nitrogens with zero attached hydrogens (tertiary/aromatic N) is 2. The number of hydrogen-bond donors (Lipinski definition) is 1. The van der Waals surface area contributed by atoms with Crippen LogP contribution in [0.1, 0.15) is 11.1 Å². The van der Waals surface area contributed by atoms with Gasteiger partial charge in [0.15, 0.2) is 11.5 Å². The van der Waals surface area contributed by atoms with Crippen LogP contribution in [0.4, 0.5) is 5.69 Å². The molecule has 4 rings (SSSR count). The smallest absolute Gasteiger partial charge is 0.228 e. The SMILES string of the molecule is O=C(Cc1cc(Cl)c2c(c1)OCCO2)Nc1cnn(Cc2ccccc2)c1. The normalized spacial score (nSPS) is 12.6. The Hall–Kier alpha value is -2.99. The minimum Gasteiger partial charge on any atom is -0.486 e. The molecule has 138 valence electrons. The summed E-state index contributed by atoms with van der Waals surface area (Å²) in [6.45, 7) is 1.59. The van der Waals surface area contributed by atoms with Crippen LogP contribution in [0.3, 0.4) is 0 Å². The second kappa shape index (κ2) is 7.72. The first kappa shape index (κ1) is 17.4. The molecule has 0 unspecified atom stereocenters. The van der Waals surface area contributed by atoms with Gasteiger partial charge < -0.3 is 14.8 Å². The number of benzene rings is 2. The maximum Gasteiger partial charge on any atom is 0.228 e. The van der Waals surface area contributed by atoms with Crippen molar-refractivity contribution in [2.45, 2.75) is 13.0 Å². The number of anilines is 1. The summed E-state index contributed by atoms with van der Waals surface area (Å²) in [6.07, 6.45) is 3.62. The summed E-state index contributed by atoms with van der Waals surface area (Å²) in [4.78, 5) is 12.4. The van der Waals surface area contributed by atoms with E-state index in [1.54, 1.807) is 23.0 Å². The van der Waals surface area contributed by atoms with Gasteiger partial charge >= 0.3 is 0 Å². The van der Waals surface area contributed by atoms with Crippen LogP contribution in [-0.2, 0) is 17.8 Å². The quantitative estimate of drug-likeness (QED) is 0.732. The van der Waals surface area contributed by atoms with Crippen LogP contribution >= 0.6 is 11.6 Å². The Morgan fingerprint density at radius 2 is 1.96 bits per heavy atom. The molecule has 2 heterocycles. The van der Waals surface area contributed by atoms with Crippen molar-refractivity contribution in [2.24, 2.45) is 0 Å². The van der Waals surface area contributed by atoms with Crippen LogP contribution < -0.4 is 14.8 Å². The van der Waals surface area contributed by atoms with E-state index < -0.39 is 0 Å². The van der Waals surface area contributed by atoms with Crippen LogP contribution in [0.5, 0.6) is 11.5 Å². The van der Waals surface area contributed by atoms with Crippen molar-refractivity contribution in [3.63, 3.8) is 0 Å². The lowest BCUT2D eigenvalue weighted by atomic mass is 10.1. The van der Waals surface area contributed by atoms with E-state index in [-0.39, 0.29) is 12.3 Å². The van der Waals surface area contributed by atoms with Crippen molar-refractivity contribution in [1.82, 2.24) is 9.78 Å². The fraction of sp³-hybridized carbons (Fsp3) is 0.200. The number of hydrogen-bond acceptors (Lipinski definition) is 4. The minimum atomic E-state index is -0.151. The lowest BCUT2D eigenvalue weighted by Crippen LogP contribution is -2.17. The van der Waals surface area contributed by atoms with E-state index in [0.717, 1.165) is 11.1 Å². The van der Waals surface area contributed by atoms with Crippen molar-refractivity contribution in [1.29, 1.82) is 0 Å². The van der Waals surface area contributed by atoms with Crippen molar-refractivity contribution in [3.05, 3.63) is 71.0 Å². The molecule has 1 aliphatic rings. The Morgan fingerprint density at radius 1 is 1.15 bits per heavy atom. The van der Waals surface area contributed by atoms with E-state index in [4.69, 9.17) is 21.1 Å². The third-order valence-corrected chi connectivity index (χ3v) is 4.41. The molecule has 1 N–H and O–H groups in total. The van der Waals surface area contributed by atoms with Crippen LogP contribution in [0, 0.1) is 0 Å². The number of fused-ring (bicyclic) bond motifs is 1. The van der Waals surface area contributed by atoms with Crippen LogP contribution in [0.15, 0.2) is 54.9 Å². The molecule has 0 fully saturated rings. The van der Waals surface area contributed by atoms with E-state index >= 15 is 0 Å². The van der Waals surface area contributed by atoms with Crippen LogP contribution in [-0.4, -0.2) is 28.9 Å². The molecule has 0 spiro atoms. The van der Waals surface area contributed by atoms with Gasteiger partial charge in [0.1, 0.15) is 13.2 Å². The molecule has 1 amide bonds. The van der Waals surface area contributed by atoms with Crippen LogP contribution in [0.25, 0.3) is 0 Å². The summed E-state index contributed by atoms with van der Waals surface area (Å²) in [6, 6.07) is 13.5. The van der Waals surface area contributed by atoms with Gasteiger partial charge in [-0.25, -0.2) is 0 Å². The van der Waals surface area contributed by atoms with Crippen molar-refractivity contribution in [3.8, 4) is 11.5 Å². The predicted molar refractivity (Wildman–Crippen MR) is 103 cm³/mol. The molecule has 0 atom stereocenters. The lowest BCUT2D eigenvalue weighted by molar-refractivity contribution is -0.115. The monoisotopic (exact) mass is 383 g/mol. The summed E-state index contributed by atoms with van der Waals surface area (Å²) >= 11 is 6.22. The van der Waals surface area contributed by atoms with E-state index in [0.29, 0.717) is 42.0 Å². The number of nitrogens with one attached hydrogen (secondary N) is 1. The highest BCUT2D eigenvalue weighted by molar-refractivity contribution is 6.32. The van der Waals surface area contributed by atoms with Gasteiger partial charge in [0, 0.05) is 6.20 Å². The number of aromatic nitrogens is 2. The highest BCUT2D eigenvalue weighted by Gasteiger charge is 2.18. The molecule has 1 aromatic heterocycles. The fourth-order valence-electron chi connectivity index (χ4n) is 2.94. The largest absolute Gasteiger partial charge is 0.486 e. The van der Waals surface area contributed by atoms with Crippen LogP contribution in [0.2, 0.25) is 5.02 Å². The summed E-state index contributed by atoms with van der Waals surface area (Å²) < 4.78 is 12.8. The predicted octanol–water partition coefficient (Wildman–Crippen LogP) is 3.54. The Kier molecular flexibility index (Phi) is 4.98. The Balaban J connectivity index is 1.39. The Labute approximate surface area is 161 Å². The van der Waals surface area contributed by atoms with Gasteiger partial charge in [0.25, 0.3) is 0 Å². The molecule has 2 aromatic carbocycles. The zero-order chi connectivity index (χ0) is 18.6. The Morgan fingerprint density at radius 3 is 2.81 bits per heavy atom. The van der Waals surface area contributed by atoms with E-state index in [1.807, 2.05) is 36.5 Å². The summed E-state index contributed by atoms with van der Waals surface area (Å²) in [5, 5.41) is 7.60. The number of carbonyl (C=O) groups excluding carboxylic acids is 1. The number of rotatable bonds is 5. The highest BCUT2D eigenvalue weighted by Crippen LogP contribution is 2.38. The molecule has 0 bridgehead atoms. The van der Waals surface area contributed by atoms with Crippen molar-refractivity contribution in [2.75, 3.05) is 18.5 Å². The number of ether oxygens (including phenoxy) is 2. The van der Waals surface area contributed by atoms with Gasteiger partial charge in [-0.1, -0.05) is 41.9 Å². The van der Waals surface area contributed by atoms with E-state index in [2.05, 4.69) is 10.4 Å². The number of halogens is 1. The van der Waals surface area contributed by atoms with Gasteiger partial charge in [-0.3, -0.25) is 9.48 Å². The maximum absolute atomic E-state index is 12.4. The second-order valence-electron chi connectivity index (χ2n) is 6.24. The molecule has 0 saturated carbocycles. The molecule has 0 aliphatic carbocycles. The van der Waals surface area contributed by atoms with Gasteiger partial charge in [-0.2, -0.15) is 5.10 Å². The topological polar surface area (TPSA) is 65.4 Å². The van der Waals surface area contributed by atoms with Crippen molar-refractivity contribution >= 4 is 23.2 Å².